The Morgan fingerprint density at radius 3 is 2.12 bits per heavy atom. The second-order valence-corrected chi connectivity index (χ2v) is 17.3. The lowest BCUT2D eigenvalue weighted by Crippen LogP contribution is -2.57. The van der Waals surface area contributed by atoms with E-state index in [1.165, 1.54) is 0 Å². The molecule has 10 atom stereocenters. The van der Waals surface area contributed by atoms with Crippen molar-refractivity contribution in [1.82, 2.24) is 5.32 Å². The molecule has 4 N–H and O–H groups in total. The molecule has 16 heteroatoms. The Balaban J connectivity index is 1.44. The Hall–Kier alpha value is -0.880. The Morgan fingerprint density at radius 2 is 1.50 bits per heavy atom. The smallest absolute Gasteiger partial charge is 0.355 e. The molecule has 244 valence electrons. The zero-order valence-electron chi connectivity index (χ0n) is 24.3. The number of rotatable bonds is 11. The van der Waals surface area contributed by atoms with Gasteiger partial charge in [0.2, 0.25) is 5.91 Å². The Bertz CT molecular complexity index is 1340. The molecule has 0 unspecified atom stereocenters. The molecule has 0 aromatic heterocycles. The molecule has 0 aromatic carbocycles. The maximum atomic E-state index is 12.3. The Kier molecular flexibility index (Phi) is 9.83. The topological polar surface area (TPSA) is 211 Å². The molecular formula is C26H45NO12S3. The van der Waals surface area contributed by atoms with Crippen LogP contribution >= 0.6 is 0 Å². The number of carbonyl (C=O) groups is 1. The zero-order valence-corrected chi connectivity index (χ0v) is 26.8. The molecule has 0 bridgehead atoms. The van der Waals surface area contributed by atoms with Crippen LogP contribution in [0.2, 0.25) is 0 Å². The third-order valence-electron chi connectivity index (χ3n) is 11.4. The quantitative estimate of drug-likeness (QED) is 0.236. The van der Waals surface area contributed by atoms with E-state index in [0.717, 1.165) is 38.5 Å². The molecule has 4 saturated carbocycles. The number of hydrogen-bond acceptors (Lipinski definition) is 9. The molecule has 4 aliphatic rings. The predicted molar refractivity (Wildman–Crippen MR) is 151 cm³/mol. The van der Waals surface area contributed by atoms with E-state index in [0.29, 0.717) is 24.2 Å². The number of nitrogens with one attached hydrogen (secondary N) is 1. The van der Waals surface area contributed by atoms with E-state index in [1.807, 2.05) is 0 Å². The molecule has 0 aromatic rings. The number of carbonyl (C=O) groups excluding carboxylic acids is 1. The minimum absolute atomic E-state index is 0.0339. The van der Waals surface area contributed by atoms with Gasteiger partial charge in [-0.05, 0) is 104 Å². The maximum absolute atomic E-state index is 12.3. The zero-order chi connectivity index (χ0) is 31.3. The largest absolute Gasteiger partial charge is 0.397 e. The predicted octanol–water partition coefficient (Wildman–Crippen LogP) is 3.05. The van der Waals surface area contributed by atoms with Crippen molar-refractivity contribution in [2.45, 2.75) is 97.2 Å². The van der Waals surface area contributed by atoms with Gasteiger partial charge in [0.1, 0.15) is 12.2 Å². The first kappa shape index (κ1) is 34.0. The fourth-order valence-corrected chi connectivity index (χ4v) is 11.1. The summed E-state index contributed by atoms with van der Waals surface area (Å²) in [4.78, 5) is 12.3. The van der Waals surface area contributed by atoms with Crippen LogP contribution in [0, 0.1) is 46.3 Å². The normalized spacial score (nSPS) is 39.5. The van der Waals surface area contributed by atoms with E-state index in [-0.39, 0.29) is 60.3 Å². The van der Waals surface area contributed by atoms with Crippen LogP contribution in [0.4, 0.5) is 0 Å². The highest BCUT2D eigenvalue weighted by Crippen LogP contribution is 2.68. The summed E-state index contributed by atoms with van der Waals surface area (Å²) in [5.74, 6) is 1.04. The highest BCUT2D eigenvalue weighted by atomic mass is 32.3. The van der Waals surface area contributed by atoms with Crippen molar-refractivity contribution in [3.8, 4) is 0 Å². The van der Waals surface area contributed by atoms with Gasteiger partial charge in [0.25, 0.3) is 10.1 Å². The second-order valence-electron chi connectivity index (χ2n) is 13.6. The first-order chi connectivity index (χ1) is 19.2. The molecule has 0 saturated heterocycles. The van der Waals surface area contributed by atoms with Gasteiger partial charge in [0.05, 0.1) is 5.75 Å². The Morgan fingerprint density at radius 1 is 0.881 bits per heavy atom. The van der Waals surface area contributed by atoms with E-state index in [9.17, 15) is 39.2 Å². The van der Waals surface area contributed by atoms with Crippen LogP contribution in [0.3, 0.4) is 0 Å². The van der Waals surface area contributed by atoms with Gasteiger partial charge < -0.3 is 5.32 Å². The molecule has 0 radical (unpaired) electrons. The summed E-state index contributed by atoms with van der Waals surface area (Å²) in [6, 6.07) is 0. The highest BCUT2D eigenvalue weighted by molar-refractivity contribution is 7.85. The molecule has 0 spiro atoms. The lowest BCUT2D eigenvalue weighted by molar-refractivity contribution is -0.152. The van der Waals surface area contributed by atoms with Gasteiger partial charge in [0, 0.05) is 13.0 Å². The summed E-state index contributed by atoms with van der Waals surface area (Å²) < 4.78 is 105. The van der Waals surface area contributed by atoms with E-state index >= 15 is 0 Å². The van der Waals surface area contributed by atoms with Crippen molar-refractivity contribution in [2.24, 2.45) is 46.3 Å². The number of amides is 1. The van der Waals surface area contributed by atoms with Gasteiger partial charge in [-0.2, -0.15) is 25.3 Å². The van der Waals surface area contributed by atoms with Crippen LogP contribution in [0.15, 0.2) is 0 Å². The van der Waals surface area contributed by atoms with E-state index in [2.05, 4.69) is 26.1 Å². The summed E-state index contributed by atoms with van der Waals surface area (Å²) in [7, 11) is -13.9. The fraction of sp³-hybridized carbons (Fsp3) is 0.962. The van der Waals surface area contributed by atoms with Gasteiger partial charge in [-0.1, -0.05) is 20.8 Å². The standard InChI is InChI=1S/C26H45NO12S3/c1-16(4-9-24(28)27-12-13-40(29,30)31)19-7-8-20-18-6-5-17-14-22(38-41(32,33)34)23(39-42(35,36)37)15-26(17,3)21(18)10-11-25(19,20)2/h16-23H,4-15H2,1-3H3,(H,27,28)(H,29,30,31)(H,32,33,34)(H,35,36,37)/t16-,17+,18+,19-,20+,21+,22+,23+,25-,26+/m1/s1. The molecule has 4 rings (SSSR count). The number of fused-ring (bicyclic) bond motifs is 5. The molecule has 4 fully saturated rings. The van der Waals surface area contributed by atoms with Crippen molar-refractivity contribution in [3.05, 3.63) is 0 Å². The summed E-state index contributed by atoms with van der Waals surface area (Å²) in [6.07, 6.45) is 4.54. The third-order valence-corrected chi connectivity index (χ3v) is 13.1. The molecule has 0 aliphatic heterocycles. The average molecular weight is 660 g/mol. The molecule has 4 aliphatic carbocycles. The highest BCUT2D eigenvalue weighted by Gasteiger charge is 2.62. The van der Waals surface area contributed by atoms with Crippen LogP contribution in [-0.4, -0.2) is 69.3 Å². The van der Waals surface area contributed by atoms with Crippen LogP contribution in [0.5, 0.6) is 0 Å². The minimum atomic E-state index is -4.89. The fourth-order valence-electron chi connectivity index (χ4n) is 9.69. The molecule has 1 amide bonds. The number of hydrogen-bond donors (Lipinski definition) is 4. The van der Waals surface area contributed by atoms with Crippen molar-refractivity contribution in [1.29, 1.82) is 0 Å². The monoisotopic (exact) mass is 659 g/mol. The summed E-state index contributed by atoms with van der Waals surface area (Å²) in [5.41, 5.74) is -0.302. The maximum Gasteiger partial charge on any atom is 0.397 e. The van der Waals surface area contributed by atoms with Gasteiger partial charge in [0.15, 0.2) is 0 Å². The van der Waals surface area contributed by atoms with Gasteiger partial charge in [-0.15, -0.1) is 0 Å². The van der Waals surface area contributed by atoms with Crippen LogP contribution in [0.25, 0.3) is 0 Å². The van der Waals surface area contributed by atoms with Crippen LogP contribution in [0.1, 0.15) is 85.0 Å². The van der Waals surface area contributed by atoms with E-state index in [4.69, 9.17) is 12.9 Å². The Labute approximate surface area is 249 Å². The van der Waals surface area contributed by atoms with Crippen molar-refractivity contribution in [2.75, 3.05) is 12.3 Å². The van der Waals surface area contributed by atoms with Crippen molar-refractivity contribution >= 4 is 36.8 Å². The van der Waals surface area contributed by atoms with Crippen LogP contribution in [-0.2, 0) is 44.1 Å². The molecule has 13 nitrogen and oxygen atoms in total. The summed E-state index contributed by atoms with van der Waals surface area (Å²) >= 11 is 0. The SMILES string of the molecule is C[C@H](CCC(=O)NCCS(=O)(=O)O)[C@H]1CC[C@H]2[C@@H]3CC[C@H]4C[C@H](OS(=O)(=O)O)[C@@H](OS(=O)(=O)O)C[C@]4(C)[C@H]3CC[C@]12C. The summed E-state index contributed by atoms with van der Waals surface area (Å²) in [5, 5.41) is 2.55. The van der Waals surface area contributed by atoms with E-state index < -0.39 is 48.9 Å². The lowest BCUT2D eigenvalue weighted by atomic mass is 9.44. The second kappa shape index (κ2) is 12.1. The lowest BCUT2D eigenvalue weighted by Gasteiger charge is -2.62. The van der Waals surface area contributed by atoms with Crippen molar-refractivity contribution in [3.63, 3.8) is 0 Å². The average Bonchev–Trinajstić information content (AvgIpc) is 3.18. The minimum Gasteiger partial charge on any atom is -0.355 e. The van der Waals surface area contributed by atoms with Crippen LogP contribution < -0.4 is 5.32 Å². The summed E-state index contributed by atoms with van der Waals surface area (Å²) in [6.45, 7) is 6.50. The van der Waals surface area contributed by atoms with Crippen molar-refractivity contribution < 1.29 is 52.1 Å². The third kappa shape index (κ3) is 7.66. The first-order valence-corrected chi connectivity index (χ1v) is 19.1. The van der Waals surface area contributed by atoms with Gasteiger partial charge >= 0.3 is 20.8 Å². The first-order valence-electron chi connectivity index (χ1n) is 14.7. The van der Waals surface area contributed by atoms with E-state index in [1.54, 1.807) is 0 Å². The van der Waals surface area contributed by atoms with Gasteiger partial charge in [-0.25, -0.2) is 8.37 Å². The molecule has 42 heavy (non-hydrogen) atoms. The van der Waals surface area contributed by atoms with Gasteiger partial charge in [-0.3, -0.25) is 18.5 Å². The molecule has 0 heterocycles. The molecular weight excluding hydrogens is 614 g/mol.